The fourth-order valence-electron chi connectivity index (χ4n) is 2.50. The maximum atomic E-state index is 5.94. The molecule has 1 aliphatic rings. The third-order valence-corrected chi connectivity index (χ3v) is 3.71. The van der Waals surface area contributed by atoms with Crippen molar-refractivity contribution in [1.29, 1.82) is 0 Å². The number of rotatable bonds is 5. The number of aliphatic imine (C=N–C) groups is 1. The van der Waals surface area contributed by atoms with Crippen LogP contribution in [0.2, 0.25) is 0 Å². The fourth-order valence-corrected chi connectivity index (χ4v) is 2.50. The lowest BCUT2D eigenvalue weighted by Gasteiger charge is -2.12. The van der Waals surface area contributed by atoms with E-state index in [-0.39, 0.29) is 0 Å². The summed E-state index contributed by atoms with van der Waals surface area (Å²) in [6.07, 6.45) is 1.21. The molecule has 2 rings (SSSR count). The van der Waals surface area contributed by atoms with Crippen LogP contribution >= 0.6 is 0 Å². The van der Waals surface area contributed by atoms with Crippen LogP contribution in [-0.2, 0) is 0 Å². The molecule has 110 valence electrons. The van der Waals surface area contributed by atoms with Gasteiger partial charge in [0.15, 0.2) is 5.96 Å². The summed E-state index contributed by atoms with van der Waals surface area (Å²) in [6.45, 7) is 6.40. The van der Waals surface area contributed by atoms with Crippen molar-refractivity contribution in [2.24, 2.45) is 16.6 Å². The van der Waals surface area contributed by atoms with Crippen LogP contribution < -0.4 is 15.8 Å². The van der Waals surface area contributed by atoms with Gasteiger partial charge in [-0.05, 0) is 37.6 Å². The first-order valence-corrected chi connectivity index (χ1v) is 7.15. The van der Waals surface area contributed by atoms with Gasteiger partial charge in [0.05, 0.1) is 12.8 Å². The lowest BCUT2D eigenvalue weighted by atomic mass is 10.1. The number of hydrogen-bond acceptors (Lipinski definition) is 3. The monoisotopic (exact) mass is 276 g/mol. The summed E-state index contributed by atoms with van der Waals surface area (Å²) in [6, 6.07) is 7.69. The molecule has 1 heterocycles. The first kappa shape index (κ1) is 14.7. The molecular weight excluding hydrogens is 252 g/mol. The molecule has 20 heavy (non-hydrogen) atoms. The number of benzene rings is 1. The van der Waals surface area contributed by atoms with E-state index in [1.54, 1.807) is 7.11 Å². The molecule has 1 fully saturated rings. The first-order valence-electron chi connectivity index (χ1n) is 7.15. The van der Waals surface area contributed by atoms with E-state index >= 15 is 0 Å². The molecule has 5 heteroatoms. The maximum Gasteiger partial charge on any atom is 0.193 e. The number of nitrogens with zero attached hydrogens (tertiary/aromatic N) is 2. The van der Waals surface area contributed by atoms with Gasteiger partial charge in [-0.25, -0.2) is 0 Å². The topological polar surface area (TPSA) is 62.9 Å². The van der Waals surface area contributed by atoms with Crippen LogP contribution in [0.15, 0.2) is 29.3 Å². The lowest BCUT2D eigenvalue weighted by Crippen LogP contribution is -2.25. The number of nitrogens with one attached hydrogen (secondary N) is 1. The van der Waals surface area contributed by atoms with Crippen LogP contribution in [0.5, 0.6) is 5.75 Å². The molecule has 0 spiro atoms. The predicted molar refractivity (Wildman–Crippen MR) is 83.3 cm³/mol. The second kappa shape index (κ2) is 7.14. The number of likely N-dealkylation sites (tertiary alicyclic amines) is 1. The minimum absolute atomic E-state index is 0.449. The molecule has 0 bridgehead atoms. The summed E-state index contributed by atoms with van der Waals surface area (Å²) in [4.78, 5) is 6.90. The first-order chi connectivity index (χ1) is 9.72. The van der Waals surface area contributed by atoms with E-state index in [1.165, 1.54) is 13.0 Å². The normalized spacial score (nSPS) is 20.1. The van der Waals surface area contributed by atoms with E-state index in [2.05, 4.69) is 22.1 Å². The standard InChI is InChI=1S/C15H24N4O/c1-3-19-9-8-12(11-19)10-17-15(16)18-13-6-4-5-7-14(13)20-2/h4-7,12H,3,8-11H2,1-2H3,(H3,16,17,18). The largest absolute Gasteiger partial charge is 0.495 e. The van der Waals surface area contributed by atoms with E-state index in [4.69, 9.17) is 10.5 Å². The zero-order chi connectivity index (χ0) is 14.4. The van der Waals surface area contributed by atoms with Crippen LogP contribution in [0.4, 0.5) is 5.69 Å². The van der Waals surface area contributed by atoms with Crippen molar-refractivity contribution in [3.05, 3.63) is 24.3 Å². The number of anilines is 1. The van der Waals surface area contributed by atoms with Gasteiger partial charge in [-0.15, -0.1) is 0 Å². The van der Waals surface area contributed by atoms with Crippen LogP contribution in [0.3, 0.4) is 0 Å². The Balaban J connectivity index is 1.88. The third-order valence-electron chi connectivity index (χ3n) is 3.71. The Morgan fingerprint density at radius 2 is 2.30 bits per heavy atom. The summed E-state index contributed by atoms with van der Waals surface area (Å²) in [7, 11) is 1.64. The number of para-hydroxylation sites is 2. The van der Waals surface area contributed by atoms with Gasteiger partial charge in [0.2, 0.25) is 0 Å². The summed E-state index contributed by atoms with van der Waals surface area (Å²) in [5, 5.41) is 3.10. The Morgan fingerprint density at radius 3 is 3.00 bits per heavy atom. The smallest absolute Gasteiger partial charge is 0.193 e. The summed E-state index contributed by atoms with van der Waals surface area (Å²) in [5.74, 6) is 1.83. The minimum Gasteiger partial charge on any atom is -0.495 e. The molecule has 0 aromatic heterocycles. The van der Waals surface area contributed by atoms with Gasteiger partial charge >= 0.3 is 0 Å². The van der Waals surface area contributed by atoms with Crippen LogP contribution in [0.25, 0.3) is 0 Å². The molecular formula is C15H24N4O. The molecule has 1 unspecified atom stereocenters. The minimum atomic E-state index is 0.449. The SMILES string of the molecule is CCN1CCC(CN=C(N)Nc2ccccc2OC)C1. The molecule has 1 atom stereocenters. The number of hydrogen-bond donors (Lipinski definition) is 2. The fraction of sp³-hybridized carbons (Fsp3) is 0.533. The molecule has 1 aromatic carbocycles. The van der Waals surface area contributed by atoms with Crippen molar-refractivity contribution in [3.8, 4) is 5.75 Å². The quantitative estimate of drug-likeness (QED) is 0.635. The predicted octanol–water partition coefficient (Wildman–Crippen LogP) is 1.76. The summed E-state index contributed by atoms with van der Waals surface area (Å²) in [5.41, 5.74) is 6.79. The number of guanidine groups is 1. The van der Waals surface area contributed by atoms with E-state index in [0.29, 0.717) is 11.9 Å². The number of nitrogens with two attached hydrogens (primary N) is 1. The van der Waals surface area contributed by atoms with Crippen molar-refractivity contribution >= 4 is 11.6 Å². The van der Waals surface area contributed by atoms with E-state index < -0.39 is 0 Å². The molecule has 5 nitrogen and oxygen atoms in total. The lowest BCUT2D eigenvalue weighted by molar-refractivity contribution is 0.344. The summed E-state index contributed by atoms with van der Waals surface area (Å²) >= 11 is 0. The molecule has 1 aromatic rings. The molecule has 3 N–H and O–H groups in total. The van der Waals surface area contributed by atoms with E-state index in [1.807, 2.05) is 24.3 Å². The average molecular weight is 276 g/mol. The molecule has 0 radical (unpaired) electrons. The molecule has 1 saturated heterocycles. The molecule has 1 aliphatic heterocycles. The Hall–Kier alpha value is -1.75. The second-order valence-corrected chi connectivity index (χ2v) is 5.10. The van der Waals surface area contributed by atoms with Crippen LogP contribution in [-0.4, -0.2) is 44.1 Å². The van der Waals surface area contributed by atoms with Gasteiger partial charge in [0.25, 0.3) is 0 Å². The van der Waals surface area contributed by atoms with Gasteiger partial charge in [0, 0.05) is 13.1 Å². The second-order valence-electron chi connectivity index (χ2n) is 5.10. The zero-order valence-electron chi connectivity index (χ0n) is 12.3. The zero-order valence-corrected chi connectivity index (χ0v) is 12.3. The third kappa shape index (κ3) is 3.87. The van der Waals surface area contributed by atoms with Gasteiger partial charge in [-0.2, -0.15) is 0 Å². The van der Waals surface area contributed by atoms with Crippen LogP contribution in [0, 0.1) is 5.92 Å². The molecule has 0 amide bonds. The highest BCUT2D eigenvalue weighted by atomic mass is 16.5. The van der Waals surface area contributed by atoms with E-state index in [9.17, 15) is 0 Å². The van der Waals surface area contributed by atoms with Gasteiger partial charge in [-0.1, -0.05) is 19.1 Å². The van der Waals surface area contributed by atoms with E-state index in [0.717, 1.165) is 31.1 Å². The van der Waals surface area contributed by atoms with Crippen molar-refractivity contribution < 1.29 is 4.74 Å². The van der Waals surface area contributed by atoms with Gasteiger partial charge in [-0.3, -0.25) is 4.99 Å². The average Bonchev–Trinajstić information content (AvgIpc) is 2.94. The van der Waals surface area contributed by atoms with Crippen molar-refractivity contribution in [2.75, 3.05) is 38.6 Å². The highest BCUT2D eigenvalue weighted by Gasteiger charge is 2.20. The Labute approximate surface area is 120 Å². The Bertz CT molecular complexity index is 461. The molecule has 0 saturated carbocycles. The molecule has 0 aliphatic carbocycles. The van der Waals surface area contributed by atoms with Gasteiger partial charge in [0.1, 0.15) is 5.75 Å². The maximum absolute atomic E-state index is 5.94. The van der Waals surface area contributed by atoms with Crippen molar-refractivity contribution in [2.45, 2.75) is 13.3 Å². The van der Waals surface area contributed by atoms with Crippen molar-refractivity contribution in [3.63, 3.8) is 0 Å². The van der Waals surface area contributed by atoms with Crippen LogP contribution in [0.1, 0.15) is 13.3 Å². The highest BCUT2D eigenvalue weighted by molar-refractivity contribution is 5.93. The number of methoxy groups -OCH3 is 1. The van der Waals surface area contributed by atoms with Gasteiger partial charge < -0.3 is 20.7 Å². The van der Waals surface area contributed by atoms with Crippen molar-refractivity contribution in [1.82, 2.24) is 4.90 Å². The summed E-state index contributed by atoms with van der Waals surface area (Å²) < 4.78 is 5.27. The Morgan fingerprint density at radius 1 is 1.50 bits per heavy atom. The Kier molecular flexibility index (Phi) is 5.24. The number of ether oxygens (including phenoxy) is 1. The highest BCUT2D eigenvalue weighted by Crippen LogP contribution is 2.22.